The Labute approximate surface area is 178 Å². The molecule has 0 saturated carbocycles. The average molecular weight is 449 g/mol. The fourth-order valence-electron chi connectivity index (χ4n) is 3.58. The molecule has 0 aliphatic carbocycles. The summed E-state index contributed by atoms with van der Waals surface area (Å²) in [6, 6.07) is 21.3. The number of hydrogen-bond donors (Lipinski definition) is 0. The van der Waals surface area contributed by atoms with E-state index in [0.717, 1.165) is 33.2 Å². The fraction of sp³-hybridized carbons (Fsp3) is 0.160. The second-order valence-electron chi connectivity index (χ2n) is 7.07. The Hall–Kier alpha value is -2.85. The van der Waals surface area contributed by atoms with Crippen LogP contribution in [0.2, 0.25) is 0 Å². The molecule has 29 heavy (non-hydrogen) atoms. The van der Waals surface area contributed by atoms with Gasteiger partial charge in [-0.15, -0.1) is 0 Å². The highest BCUT2D eigenvalue weighted by atomic mass is 79.9. The van der Waals surface area contributed by atoms with E-state index in [1.165, 1.54) is 0 Å². The number of aryl methyl sites for hydroxylation is 2. The highest BCUT2D eigenvalue weighted by Crippen LogP contribution is 2.36. The second kappa shape index (κ2) is 8.26. The number of benzene rings is 3. The van der Waals surface area contributed by atoms with Gasteiger partial charge < -0.3 is 9.15 Å². The molecule has 0 aliphatic heterocycles. The number of rotatable bonds is 6. The quantitative estimate of drug-likeness (QED) is 0.242. The number of ether oxygens (including phenoxy) is 1. The Balaban J connectivity index is 1.84. The van der Waals surface area contributed by atoms with Crippen LogP contribution >= 0.6 is 15.9 Å². The van der Waals surface area contributed by atoms with Crippen LogP contribution < -0.4 is 4.74 Å². The van der Waals surface area contributed by atoms with Crippen molar-refractivity contribution >= 4 is 32.7 Å². The highest BCUT2D eigenvalue weighted by molar-refractivity contribution is 9.09. The van der Waals surface area contributed by atoms with Gasteiger partial charge in [0.2, 0.25) is 0 Å². The number of furan rings is 1. The van der Waals surface area contributed by atoms with Gasteiger partial charge in [0.15, 0.2) is 5.78 Å². The van der Waals surface area contributed by atoms with Crippen LogP contribution in [0.1, 0.15) is 27.0 Å². The first-order valence-electron chi connectivity index (χ1n) is 9.50. The number of carbonyl (C=O) groups is 1. The van der Waals surface area contributed by atoms with E-state index in [1.807, 2.05) is 74.5 Å². The van der Waals surface area contributed by atoms with Gasteiger partial charge in [-0.1, -0.05) is 51.3 Å². The molecule has 4 heteroatoms. The van der Waals surface area contributed by atoms with E-state index in [1.54, 1.807) is 0 Å². The normalized spacial score (nSPS) is 11.0. The molecule has 3 nitrogen and oxygen atoms in total. The first-order chi connectivity index (χ1) is 14.1. The number of carbonyl (C=O) groups excluding carboxylic acids is 1. The zero-order valence-electron chi connectivity index (χ0n) is 16.4. The lowest BCUT2D eigenvalue weighted by molar-refractivity contribution is 0.104. The number of halogens is 1. The van der Waals surface area contributed by atoms with Gasteiger partial charge in [-0.05, 0) is 56.3 Å². The average Bonchev–Trinajstić information content (AvgIpc) is 3.11. The molecule has 0 unspecified atom stereocenters. The maximum Gasteiger partial charge on any atom is 0.197 e. The summed E-state index contributed by atoms with van der Waals surface area (Å²) in [6.07, 6.45) is 0. The maximum absolute atomic E-state index is 13.5. The van der Waals surface area contributed by atoms with Crippen LogP contribution in [0.25, 0.3) is 22.3 Å². The van der Waals surface area contributed by atoms with Crippen LogP contribution in [0.4, 0.5) is 0 Å². The molecule has 146 valence electrons. The van der Waals surface area contributed by atoms with Gasteiger partial charge in [-0.25, -0.2) is 0 Å². The molecular weight excluding hydrogens is 428 g/mol. The van der Waals surface area contributed by atoms with Crippen LogP contribution in [0.15, 0.2) is 71.1 Å². The van der Waals surface area contributed by atoms with Crippen molar-refractivity contribution in [3.63, 3.8) is 0 Å². The topological polar surface area (TPSA) is 39.4 Å². The van der Waals surface area contributed by atoms with E-state index < -0.39 is 0 Å². The summed E-state index contributed by atoms with van der Waals surface area (Å²) in [5.74, 6) is 1.34. The number of fused-ring (bicyclic) bond motifs is 1. The minimum Gasteiger partial charge on any atom is -0.493 e. The van der Waals surface area contributed by atoms with Gasteiger partial charge in [-0.3, -0.25) is 4.79 Å². The van der Waals surface area contributed by atoms with E-state index in [2.05, 4.69) is 22.0 Å². The SMILES string of the molecule is Cc1cc(C)cc(C(=O)c2c(-c3ccc(OCCBr)cc3)oc3ccccc23)c1. The highest BCUT2D eigenvalue weighted by Gasteiger charge is 2.23. The Kier molecular flexibility index (Phi) is 5.54. The van der Waals surface area contributed by atoms with Gasteiger partial charge in [0, 0.05) is 21.8 Å². The Bertz CT molecular complexity index is 1150. The van der Waals surface area contributed by atoms with Gasteiger partial charge in [0.05, 0.1) is 12.2 Å². The summed E-state index contributed by atoms with van der Waals surface area (Å²) < 4.78 is 11.8. The minimum absolute atomic E-state index is 0.0311. The van der Waals surface area contributed by atoms with Crippen molar-refractivity contribution in [1.82, 2.24) is 0 Å². The van der Waals surface area contributed by atoms with Crippen molar-refractivity contribution in [2.45, 2.75) is 13.8 Å². The third kappa shape index (κ3) is 3.99. The summed E-state index contributed by atoms with van der Waals surface area (Å²) in [5.41, 5.74) is 4.95. The zero-order valence-corrected chi connectivity index (χ0v) is 18.0. The summed E-state index contributed by atoms with van der Waals surface area (Å²) in [5, 5.41) is 1.60. The lowest BCUT2D eigenvalue weighted by atomic mass is 9.95. The smallest absolute Gasteiger partial charge is 0.197 e. The summed E-state index contributed by atoms with van der Waals surface area (Å²) in [7, 11) is 0. The molecule has 4 rings (SSSR count). The number of hydrogen-bond acceptors (Lipinski definition) is 3. The van der Waals surface area contributed by atoms with Crippen LogP contribution in [0, 0.1) is 13.8 Å². The second-order valence-corrected chi connectivity index (χ2v) is 7.86. The standard InChI is InChI=1S/C25H21BrO3/c1-16-13-17(2)15-19(14-16)24(27)23-21-5-3-4-6-22(21)29-25(23)18-7-9-20(10-8-18)28-12-11-26/h3-10,13-15H,11-12H2,1-2H3. The van der Waals surface area contributed by atoms with E-state index in [0.29, 0.717) is 29.1 Å². The summed E-state index contributed by atoms with van der Waals surface area (Å²) >= 11 is 3.36. The van der Waals surface area contributed by atoms with Crippen LogP contribution in [0.3, 0.4) is 0 Å². The molecule has 0 aliphatic rings. The van der Waals surface area contributed by atoms with Crippen molar-refractivity contribution in [3.8, 4) is 17.1 Å². The van der Waals surface area contributed by atoms with Crippen molar-refractivity contribution in [2.75, 3.05) is 11.9 Å². The van der Waals surface area contributed by atoms with E-state index in [4.69, 9.17) is 9.15 Å². The van der Waals surface area contributed by atoms with Crippen LogP contribution in [0.5, 0.6) is 5.75 Å². The molecule has 0 spiro atoms. The van der Waals surface area contributed by atoms with E-state index in [9.17, 15) is 4.79 Å². The Morgan fingerprint density at radius 2 is 1.66 bits per heavy atom. The Morgan fingerprint density at radius 1 is 0.966 bits per heavy atom. The molecule has 1 heterocycles. The van der Waals surface area contributed by atoms with Crippen molar-refractivity contribution in [2.24, 2.45) is 0 Å². The van der Waals surface area contributed by atoms with Crippen molar-refractivity contribution in [3.05, 3.63) is 89.0 Å². The van der Waals surface area contributed by atoms with Gasteiger partial charge in [0.25, 0.3) is 0 Å². The van der Waals surface area contributed by atoms with Gasteiger partial charge in [0.1, 0.15) is 17.1 Å². The maximum atomic E-state index is 13.5. The number of ketones is 1. The molecule has 0 fully saturated rings. The van der Waals surface area contributed by atoms with Crippen molar-refractivity contribution in [1.29, 1.82) is 0 Å². The molecule has 1 aromatic heterocycles. The van der Waals surface area contributed by atoms with Crippen LogP contribution in [-0.2, 0) is 0 Å². The first kappa shape index (κ1) is 19.5. The van der Waals surface area contributed by atoms with E-state index >= 15 is 0 Å². The van der Waals surface area contributed by atoms with Crippen LogP contribution in [-0.4, -0.2) is 17.7 Å². The summed E-state index contributed by atoms with van der Waals surface area (Å²) in [4.78, 5) is 13.5. The third-order valence-corrected chi connectivity index (χ3v) is 5.09. The molecule has 0 N–H and O–H groups in total. The third-order valence-electron chi connectivity index (χ3n) is 4.77. The van der Waals surface area contributed by atoms with Crippen molar-refractivity contribution < 1.29 is 13.9 Å². The van der Waals surface area contributed by atoms with Gasteiger partial charge >= 0.3 is 0 Å². The predicted molar refractivity (Wildman–Crippen MR) is 120 cm³/mol. The summed E-state index contributed by atoms with van der Waals surface area (Å²) in [6.45, 7) is 4.61. The van der Waals surface area contributed by atoms with Gasteiger partial charge in [-0.2, -0.15) is 0 Å². The van der Waals surface area contributed by atoms with E-state index in [-0.39, 0.29) is 5.78 Å². The molecule has 0 atom stereocenters. The molecular formula is C25H21BrO3. The molecule has 3 aromatic carbocycles. The molecule has 0 saturated heterocycles. The fourth-order valence-corrected chi connectivity index (χ4v) is 3.75. The Morgan fingerprint density at radius 3 is 2.34 bits per heavy atom. The molecule has 0 amide bonds. The largest absolute Gasteiger partial charge is 0.493 e. The molecule has 0 radical (unpaired) electrons. The lowest BCUT2D eigenvalue weighted by Crippen LogP contribution is -2.03. The predicted octanol–water partition coefficient (Wildman–Crippen LogP) is 6.72. The molecule has 0 bridgehead atoms. The lowest BCUT2D eigenvalue weighted by Gasteiger charge is -2.07. The number of para-hydroxylation sites is 1. The zero-order chi connectivity index (χ0) is 20.4. The first-order valence-corrected chi connectivity index (χ1v) is 10.6. The number of alkyl halides is 1. The molecule has 4 aromatic rings. The monoisotopic (exact) mass is 448 g/mol. The minimum atomic E-state index is -0.0311.